The monoisotopic (exact) mass is 319 g/mol. The van der Waals surface area contributed by atoms with Gasteiger partial charge in [0.15, 0.2) is 17.5 Å². The highest BCUT2D eigenvalue weighted by molar-refractivity contribution is 5.88. The van der Waals surface area contributed by atoms with Gasteiger partial charge in [-0.25, -0.2) is 18.9 Å². The van der Waals surface area contributed by atoms with Gasteiger partial charge in [-0.2, -0.15) is 0 Å². The second kappa shape index (κ2) is 6.33. The molecule has 0 atom stereocenters. The molecule has 1 aliphatic heterocycles. The molecule has 1 saturated heterocycles. The van der Waals surface area contributed by atoms with E-state index in [1.807, 2.05) is 13.8 Å². The van der Waals surface area contributed by atoms with E-state index in [4.69, 9.17) is 4.74 Å². The number of halogens is 1. The van der Waals surface area contributed by atoms with Crippen molar-refractivity contribution in [1.82, 2.24) is 19.7 Å². The minimum Gasteiger partial charge on any atom is -0.372 e. The summed E-state index contributed by atoms with van der Waals surface area (Å²) >= 11 is 0. The Morgan fingerprint density at radius 1 is 1.43 bits per heavy atom. The number of urea groups is 1. The van der Waals surface area contributed by atoms with Crippen molar-refractivity contribution in [1.29, 1.82) is 0 Å². The van der Waals surface area contributed by atoms with Crippen molar-refractivity contribution in [2.45, 2.75) is 26.1 Å². The standard InChI is InChI=1S/C15H18FN5O2/c1-10(2)23-11-8-20(9-11)15(22)18-13-5-7-21(19-13)14-12(16)4-3-6-17-14/h3-7,10-11H,8-9H2,1-2H3,(H,18,19,22). The van der Waals surface area contributed by atoms with Crippen LogP contribution in [0.4, 0.5) is 15.0 Å². The third kappa shape index (κ3) is 3.48. The fourth-order valence-electron chi connectivity index (χ4n) is 2.32. The third-order valence-corrected chi connectivity index (χ3v) is 3.38. The number of hydrogen-bond donors (Lipinski definition) is 1. The number of carbonyl (C=O) groups excluding carboxylic acids is 1. The lowest BCUT2D eigenvalue weighted by Crippen LogP contribution is -2.56. The number of rotatable bonds is 4. The minimum absolute atomic E-state index is 0.0842. The fraction of sp³-hybridized carbons (Fsp3) is 0.400. The zero-order valence-corrected chi connectivity index (χ0v) is 12.9. The molecule has 23 heavy (non-hydrogen) atoms. The van der Waals surface area contributed by atoms with Crippen LogP contribution >= 0.6 is 0 Å². The molecule has 7 nitrogen and oxygen atoms in total. The summed E-state index contributed by atoms with van der Waals surface area (Å²) in [6, 6.07) is 4.15. The number of nitrogens with one attached hydrogen (secondary N) is 1. The van der Waals surface area contributed by atoms with E-state index < -0.39 is 5.82 Å². The van der Waals surface area contributed by atoms with E-state index >= 15 is 0 Å². The second-order valence-electron chi connectivity index (χ2n) is 5.60. The normalized spacial score (nSPS) is 14.9. The number of pyridine rings is 1. The molecule has 3 heterocycles. The highest BCUT2D eigenvalue weighted by atomic mass is 19.1. The molecule has 0 saturated carbocycles. The number of anilines is 1. The maximum Gasteiger partial charge on any atom is 0.323 e. The van der Waals surface area contributed by atoms with Crippen LogP contribution in [0.3, 0.4) is 0 Å². The second-order valence-corrected chi connectivity index (χ2v) is 5.60. The largest absolute Gasteiger partial charge is 0.372 e. The van der Waals surface area contributed by atoms with Crippen LogP contribution in [0.2, 0.25) is 0 Å². The van der Waals surface area contributed by atoms with Gasteiger partial charge in [0, 0.05) is 18.5 Å². The molecule has 1 N–H and O–H groups in total. The summed E-state index contributed by atoms with van der Waals surface area (Å²) in [6.45, 7) is 5.04. The average Bonchev–Trinajstić information content (AvgIpc) is 2.90. The lowest BCUT2D eigenvalue weighted by Gasteiger charge is -2.39. The molecular weight excluding hydrogens is 301 g/mol. The first-order chi connectivity index (χ1) is 11.0. The summed E-state index contributed by atoms with van der Waals surface area (Å²) < 4.78 is 20.5. The van der Waals surface area contributed by atoms with Crippen LogP contribution in [0, 0.1) is 5.82 Å². The molecule has 0 aliphatic carbocycles. The lowest BCUT2D eigenvalue weighted by molar-refractivity contribution is -0.0624. The van der Waals surface area contributed by atoms with E-state index in [-0.39, 0.29) is 24.1 Å². The molecule has 8 heteroatoms. The maximum absolute atomic E-state index is 13.7. The Labute approximate surface area is 133 Å². The summed E-state index contributed by atoms with van der Waals surface area (Å²) in [5.74, 6) is -0.0551. The van der Waals surface area contributed by atoms with Crippen LogP contribution in [0.25, 0.3) is 5.82 Å². The molecule has 122 valence electrons. The number of ether oxygens (including phenoxy) is 1. The topological polar surface area (TPSA) is 72.3 Å². The van der Waals surface area contributed by atoms with Gasteiger partial charge in [0.05, 0.1) is 25.3 Å². The van der Waals surface area contributed by atoms with Gasteiger partial charge in [0.1, 0.15) is 0 Å². The van der Waals surface area contributed by atoms with Gasteiger partial charge in [-0.05, 0) is 26.0 Å². The molecule has 0 aromatic carbocycles. The minimum atomic E-state index is -0.482. The fourth-order valence-corrected chi connectivity index (χ4v) is 2.32. The highest BCUT2D eigenvalue weighted by Crippen LogP contribution is 2.16. The van der Waals surface area contributed by atoms with Crippen molar-refractivity contribution >= 4 is 11.8 Å². The summed E-state index contributed by atoms with van der Waals surface area (Å²) in [7, 11) is 0. The number of amides is 2. The SMILES string of the molecule is CC(C)OC1CN(C(=O)Nc2ccn(-c3ncccc3F)n2)C1. The summed E-state index contributed by atoms with van der Waals surface area (Å²) in [6.07, 6.45) is 3.25. The average molecular weight is 319 g/mol. The van der Waals surface area contributed by atoms with Crippen LogP contribution in [0.15, 0.2) is 30.6 Å². The van der Waals surface area contributed by atoms with Gasteiger partial charge >= 0.3 is 6.03 Å². The van der Waals surface area contributed by atoms with Crippen molar-refractivity contribution < 1.29 is 13.9 Å². The summed E-state index contributed by atoms with van der Waals surface area (Å²) in [4.78, 5) is 17.6. The van der Waals surface area contributed by atoms with Crippen molar-refractivity contribution in [3.05, 3.63) is 36.4 Å². The molecule has 2 aromatic heterocycles. The van der Waals surface area contributed by atoms with Crippen molar-refractivity contribution in [2.75, 3.05) is 18.4 Å². The molecule has 1 fully saturated rings. The molecule has 0 unspecified atom stereocenters. The number of nitrogens with zero attached hydrogens (tertiary/aromatic N) is 4. The van der Waals surface area contributed by atoms with Crippen LogP contribution in [0.1, 0.15) is 13.8 Å². The first kappa shape index (κ1) is 15.4. The van der Waals surface area contributed by atoms with E-state index in [0.717, 1.165) is 0 Å². The van der Waals surface area contributed by atoms with E-state index in [9.17, 15) is 9.18 Å². The Morgan fingerprint density at radius 3 is 2.91 bits per heavy atom. The molecule has 3 rings (SSSR count). The van der Waals surface area contributed by atoms with Gasteiger partial charge in [-0.3, -0.25) is 5.32 Å². The number of carbonyl (C=O) groups is 1. The molecule has 2 amide bonds. The first-order valence-corrected chi connectivity index (χ1v) is 7.41. The van der Waals surface area contributed by atoms with Gasteiger partial charge in [-0.15, -0.1) is 5.10 Å². The Balaban J connectivity index is 1.58. The predicted molar refractivity (Wildman–Crippen MR) is 81.9 cm³/mol. The lowest BCUT2D eigenvalue weighted by atomic mass is 10.2. The quantitative estimate of drug-likeness (QED) is 0.936. The molecule has 0 radical (unpaired) electrons. The van der Waals surface area contributed by atoms with Crippen LogP contribution < -0.4 is 5.32 Å². The summed E-state index contributed by atoms with van der Waals surface area (Å²) in [5, 5.41) is 6.79. The van der Waals surface area contributed by atoms with Crippen LogP contribution in [-0.4, -0.2) is 51.0 Å². The zero-order chi connectivity index (χ0) is 16.4. The molecule has 0 spiro atoms. The Kier molecular flexibility index (Phi) is 4.24. The predicted octanol–water partition coefficient (Wildman–Crippen LogP) is 2.05. The van der Waals surface area contributed by atoms with Gasteiger partial charge in [0.25, 0.3) is 0 Å². The molecule has 0 bridgehead atoms. The van der Waals surface area contributed by atoms with E-state index in [1.165, 1.54) is 23.0 Å². The van der Waals surface area contributed by atoms with Gasteiger partial charge in [-0.1, -0.05) is 0 Å². The van der Waals surface area contributed by atoms with Crippen molar-refractivity contribution in [2.24, 2.45) is 0 Å². The smallest absolute Gasteiger partial charge is 0.323 e. The van der Waals surface area contributed by atoms with Crippen LogP contribution in [-0.2, 0) is 4.74 Å². The zero-order valence-electron chi connectivity index (χ0n) is 12.9. The Bertz CT molecular complexity index is 697. The molecule has 1 aliphatic rings. The van der Waals surface area contributed by atoms with E-state index in [0.29, 0.717) is 18.9 Å². The number of likely N-dealkylation sites (tertiary alicyclic amines) is 1. The van der Waals surface area contributed by atoms with E-state index in [2.05, 4.69) is 15.4 Å². The van der Waals surface area contributed by atoms with Gasteiger partial charge < -0.3 is 9.64 Å². The first-order valence-electron chi connectivity index (χ1n) is 7.41. The van der Waals surface area contributed by atoms with E-state index in [1.54, 1.807) is 17.2 Å². The Morgan fingerprint density at radius 2 is 2.22 bits per heavy atom. The number of hydrogen-bond acceptors (Lipinski definition) is 4. The summed E-state index contributed by atoms with van der Waals surface area (Å²) in [5.41, 5.74) is 0. The maximum atomic E-state index is 13.7. The number of aromatic nitrogens is 3. The molecule has 2 aromatic rings. The van der Waals surface area contributed by atoms with Crippen LogP contribution in [0.5, 0.6) is 0 Å². The Hall–Kier alpha value is -2.48. The van der Waals surface area contributed by atoms with Gasteiger partial charge in [0.2, 0.25) is 0 Å². The van der Waals surface area contributed by atoms with Crippen molar-refractivity contribution in [3.8, 4) is 5.82 Å². The molecular formula is C15H18FN5O2. The van der Waals surface area contributed by atoms with Crippen molar-refractivity contribution in [3.63, 3.8) is 0 Å². The third-order valence-electron chi connectivity index (χ3n) is 3.38. The highest BCUT2D eigenvalue weighted by Gasteiger charge is 2.32.